The quantitative estimate of drug-likeness (QED) is 0.288. The molecule has 5 rings (SSSR count). The van der Waals surface area contributed by atoms with Crippen LogP contribution in [-0.2, 0) is 4.79 Å². The number of amides is 1. The molecule has 1 amide bonds. The molecule has 1 aliphatic rings. The van der Waals surface area contributed by atoms with Crippen molar-refractivity contribution in [2.24, 2.45) is 0 Å². The Kier molecular flexibility index (Phi) is 6.65. The number of thioether (sulfide) groups is 1. The summed E-state index contributed by atoms with van der Waals surface area (Å²) in [6, 6.07) is 24.3. The number of carbonyl (C=O) groups is 2. The van der Waals surface area contributed by atoms with Gasteiger partial charge in [-0.2, -0.15) is 0 Å². The van der Waals surface area contributed by atoms with Crippen molar-refractivity contribution >= 4 is 51.6 Å². The molecule has 3 aromatic carbocycles. The lowest BCUT2D eigenvalue weighted by Crippen LogP contribution is -2.29. The molecule has 2 atom stereocenters. The molecule has 176 valence electrons. The maximum atomic E-state index is 12.7. The van der Waals surface area contributed by atoms with Gasteiger partial charge >= 0.3 is 5.97 Å². The van der Waals surface area contributed by atoms with Gasteiger partial charge < -0.3 is 21.1 Å². The monoisotopic (exact) mass is 484 g/mol. The van der Waals surface area contributed by atoms with Gasteiger partial charge in [0, 0.05) is 50.9 Å². The number of anilines is 3. The molecular formula is C27H24N4O3S. The van der Waals surface area contributed by atoms with Gasteiger partial charge in [0.15, 0.2) is 0 Å². The Morgan fingerprint density at radius 2 is 1.69 bits per heavy atom. The van der Waals surface area contributed by atoms with Crippen LogP contribution in [0.1, 0.15) is 16.8 Å². The molecule has 8 heteroatoms. The average molecular weight is 485 g/mol. The van der Waals surface area contributed by atoms with Crippen LogP contribution in [0.4, 0.5) is 17.1 Å². The average Bonchev–Trinajstić information content (AvgIpc) is 3.35. The van der Waals surface area contributed by atoms with Gasteiger partial charge in [-0.05, 0) is 67.1 Å². The number of rotatable bonds is 7. The maximum absolute atomic E-state index is 12.7. The third-order valence-corrected chi connectivity index (χ3v) is 7.12. The molecule has 4 N–H and O–H groups in total. The number of carbonyl (C=O) groups excluding carboxylic acids is 1. The maximum Gasteiger partial charge on any atom is 0.320 e. The van der Waals surface area contributed by atoms with Crippen LogP contribution < -0.4 is 16.0 Å². The first-order valence-corrected chi connectivity index (χ1v) is 12.2. The first-order chi connectivity index (χ1) is 17.0. The molecule has 0 aliphatic carbocycles. The van der Waals surface area contributed by atoms with Crippen LogP contribution in [0.3, 0.4) is 0 Å². The van der Waals surface area contributed by atoms with Crippen molar-refractivity contribution in [2.45, 2.75) is 22.6 Å². The highest BCUT2D eigenvalue weighted by Gasteiger charge is 2.29. The van der Waals surface area contributed by atoms with Crippen LogP contribution in [0.2, 0.25) is 0 Å². The van der Waals surface area contributed by atoms with Gasteiger partial charge in [-0.3, -0.25) is 14.6 Å². The Labute approximate surface area is 207 Å². The van der Waals surface area contributed by atoms with E-state index in [0.29, 0.717) is 24.2 Å². The highest BCUT2D eigenvalue weighted by Crippen LogP contribution is 2.30. The van der Waals surface area contributed by atoms with E-state index in [1.165, 1.54) is 0 Å². The fraction of sp³-hybridized carbons (Fsp3) is 0.148. The van der Waals surface area contributed by atoms with E-state index in [1.807, 2.05) is 66.7 Å². The predicted octanol–water partition coefficient (Wildman–Crippen LogP) is 5.14. The number of hydrogen-bond acceptors (Lipinski definition) is 6. The SMILES string of the molecule is O=C(Nc1ccc(SC2CNC(C(=O)O)C2)cc1)c1ccc(Nc2ccnc3ccccc23)cc1. The number of para-hydroxylation sites is 1. The van der Waals surface area contributed by atoms with E-state index in [2.05, 4.69) is 20.9 Å². The minimum Gasteiger partial charge on any atom is -0.480 e. The topological polar surface area (TPSA) is 103 Å². The van der Waals surface area contributed by atoms with Crippen LogP contribution in [0, 0.1) is 0 Å². The van der Waals surface area contributed by atoms with Gasteiger partial charge in [0.05, 0.1) is 5.52 Å². The van der Waals surface area contributed by atoms with Gasteiger partial charge in [-0.15, -0.1) is 11.8 Å². The highest BCUT2D eigenvalue weighted by molar-refractivity contribution is 8.00. The minimum absolute atomic E-state index is 0.185. The standard InChI is InChI=1S/C27H24N4O3S/c32-26(31-19-9-11-20(12-10-19)35-21-15-25(27(33)34)29-16-21)17-5-7-18(8-6-17)30-24-13-14-28-23-4-2-1-3-22(23)24/h1-14,21,25,29H,15-16H2,(H,28,30)(H,31,32)(H,33,34). The molecule has 1 saturated heterocycles. The van der Waals surface area contributed by atoms with E-state index in [0.717, 1.165) is 27.2 Å². The normalized spacial score (nSPS) is 17.3. The highest BCUT2D eigenvalue weighted by atomic mass is 32.2. The summed E-state index contributed by atoms with van der Waals surface area (Å²) in [5, 5.41) is 19.7. The third-order valence-electron chi connectivity index (χ3n) is 5.88. The lowest BCUT2D eigenvalue weighted by atomic mass is 10.1. The first kappa shape index (κ1) is 22.9. The number of benzene rings is 3. The van der Waals surface area contributed by atoms with Crippen molar-refractivity contribution in [2.75, 3.05) is 17.2 Å². The zero-order valence-corrected chi connectivity index (χ0v) is 19.6. The number of pyridine rings is 1. The lowest BCUT2D eigenvalue weighted by Gasteiger charge is -2.11. The van der Waals surface area contributed by atoms with Crippen molar-refractivity contribution in [3.8, 4) is 0 Å². The predicted molar refractivity (Wildman–Crippen MR) is 140 cm³/mol. The summed E-state index contributed by atoms with van der Waals surface area (Å²) in [5.41, 5.74) is 4.02. The Balaban J connectivity index is 1.18. The molecule has 0 bridgehead atoms. The van der Waals surface area contributed by atoms with E-state index >= 15 is 0 Å². The summed E-state index contributed by atoms with van der Waals surface area (Å²) in [5.74, 6) is -0.989. The second-order valence-corrected chi connectivity index (χ2v) is 9.70. The van der Waals surface area contributed by atoms with Crippen LogP contribution >= 0.6 is 11.8 Å². The second kappa shape index (κ2) is 10.2. The van der Waals surface area contributed by atoms with Crippen molar-refractivity contribution in [1.82, 2.24) is 10.3 Å². The van der Waals surface area contributed by atoms with E-state index in [1.54, 1.807) is 30.1 Å². The van der Waals surface area contributed by atoms with E-state index < -0.39 is 12.0 Å². The summed E-state index contributed by atoms with van der Waals surface area (Å²) < 4.78 is 0. The summed E-state index contributed by atoms with van der Waals surface area (Å²) >= 11 is 1.65. The zero-order valence-electron chi connectivity index (χ0n) is 18.8. The molecule has 0 saturated carbocycles. The summed E-state index contributed by atoms with van der Waals surface area (Å²) in [6.07, 6.45) is 2.37. The lowest BCUT2D eigenvalue weighted by molar-refractivity contribution is -0.139. The van der Waals surface area contributed by atoms with Gasteiger partial charge in [-0.25, -0.2) is 0 Å². The van der Waals surface area contributed by atoms with E-state index in [4.69, 9.17) is 5.11 Å². The number of fused-ring (bicyclic) bond motifs is 1. The summed E-state index contributed by atoms with van der Waals surface area (Å²) in [6.45, 7) is 0.669. The molecule has 2 unspecified atom stereocenters. The molecule has 35 heavy (non-hydrogen) atoms. The largest absolute Gasteiger partial charge is 0.480 e. The molecule has 1 aliphatic heterocycles. The molecule has 4 aromatic rings. The third kappa shape index (κ3) is 5.45. The van der Waals surface area contributed by atoms with Crippen molar-refractivity contribution in [1.29, 1.82) is 0 Å². The Morgan fingerprint density at radius 1 is 0.943 bits per heavy atom. The molecule has 0 radical (unpaired) electrons. The van der Waals surface area contributed by atoms with Crippen molar-refractivity contribution in [3.63, 3.8) is 0 Å². The molecule has 0 spiro atoms. The molecular weight excluding hydrogens is 460 g/mol. The number of carboxylic acids is 1. The molecule has 1 aromatic heterocycles. The number of carboxylic acid groups (broad SMARTS) is 1. The second-order valence-electron chi connectivity index (χ2n) is 8.33. The van der Waals surface area contributed by atoms with Gasteiger partial charge in [-0.1, -0.05) is 18.2 Å². The first-order valence-electron chi connectivity index (χ1n) is 11.3. The van der Waals surface area contributed by atoms with Crippen molar-refractivity contribution in [3.05, 3.63) is 90.6 Å². The number of aromatic nitrogens is 1. The Bertz CT molecular complexity index is 1350. The van der Waals surface area contributed by atoms with Crippen LogP contribution in [0.15, 0.2) is 90.0 Å². The molecule has 1 fully saturated rings. The smallest absolute Gasteiger partial charge is 0.320 e. The number of hydrogen-bond donors (Lipinski definition) is 4. The Morgan fingerprint density at radius 3 is 2.43 bits per heavy atom. The van der Waals surface area contributed by atoms with Crippen LogP contribution in [0.25, 0.3) is 10.9 Å². The van der Waals surface area contributed by atoms with Gasteiger partial charge in [0.1, 0.15) is 6.04 Å². The van der Waals surface area contributed by atoms with Gasteiger partial charge in [0.2, 0.25) is 0 Å². The van der Waals surface area contributed by atoms with Crippen LogP contribution in [-0.4, -0.2) is 39.8 Å². The Hall–Kier alpha value is -3.88. The van der Waals surface area contributed by atoms with E-state index in [-0.39, 0.29) is 11.2 Å². The minimum atomic E-state index is -0.805. The van der Waals surface area contributed by atoms with Crippen molar-refractivity contribution < 1.29 is 14.7 Å². The zero-order chi connectivity index (χ0) is 24.2. The summed E-state index contributed by atoms with van der Waals surface area (Å²) in [7, 11) is 0. The summed E-state index contributed by atoms with van der Waals surface area (Å²) in [4.78, 5) is 29.2. The number of nitrogens with zero attached hydrogens (tertiary/aromatic N) is 1. The number of nitrogens with one attached hydrogen (secondary N) is 3. The molecule has 7 nitrogen and oxygen atoms in total. The fourth-order valence-electron chi connectivity index (χ4n) is 4.06. The fourth-order valence-corrected chi connectivity index (χ4v) is 5.21. The van der Waals surface area contributed by atoms with Gasteiger partial charge in [0.25, 0.3) is 5.91 Å². The van der Waals surface area contributed by atoms with E-state index in [9.17, 15) is 9.59 Å². The number of aliphatic carboxylic acids is 1. The van der Waals surface area contributed by atoms with Crippen LogP contribution in [0.5, 0.6) is 0 Å². The molecule has 2 heterocycles.